The largest absolute Gasteiger partial charge is 0.342 e. The number of rotatable bonds is 2. The van der Waals surface area contributed by atoms with Gasteiger partial charge in [-0.25, -0.2) is 0 Å². The summed E-state index contributed by atoms with van der Waals surface area (Å²) >= 11 is 0. The highest BCUT2D eigenvalue weighted by Crippen LogP contribution is 2.43. The van der Waals surface area contributed by atoms with Crippen molar-refractivity contribution in [1.29, 1.82) is 0 Å². The highest BCUT2D eigenvalue weighted by molar-refractivity contribution is 5.85. The minimum Gasteiger partial charge on any atom is -0.342 e. The van der Waals surface area contributed by atoms with E-state index in [4.69, 9.17) is 0 Å². The second kappa shape index (κ2) is 4.89. The van der Waals surface area contributed by atoms with Crippen molar-refractivity contribution in [2.75, 3.05) is 20.1 Å². The van der Waals surface area contributed by atoms with E-state index in [1.807, 2.05) is 11.9 Å². The van der Waals surface area contributed by atoms with Crippen molar-refractivity contribution in [2.45, 2.75) is 31.7 Å². The Hall–Kier alpha value is -1.49. The molecular weight excluding hydrogens is 240 g/mol. The molecule has 2 aliphatic rings. The lowest BCUT2D eigenvalue weighted by Crippen LogP contribution is -2.42. The van der Waals surface area contributed by atoms with Gasteiger partial charge in [-0.15, -0.1) is 0 Å². The molecule has 1 amide bonds. The first kappa shape index (κ1) is 12.5. The smallest absolute Gasteiger partial charge is 0.228 e. The molecule has 0 aliphatic carbocycles. The van der Waals surface area contributed by atoms with E-state index in [2.05, 4.69) is 15.3 Å². The molecule has 1 unspecified atom stereocenters. The molecule has 1 aromatic rings. The van der Waals surface area contributed by atoms with E-state index in [0.29, 0.717) is 5.91 Å². The molecule has 0 bridgehead atoms. The van der Waals surface area contributed by atoms with Crippen LogP contribution in [0.2, 0.25) is 0 Å². The molecule has 2 fully saturated rings. The molecule has 1 aromatic heterocycles. The molecule has 3 rings (SSSR count). The van der Waals surface area contributed by atoms with Crippen LogP contribution in [-0.4, -0.2) is 47.0 Å². The van der Waals surface area contributed by atoms with Crippen molar-refractivity contribution in [2.24, 2.45) is 5.41 Å². The van der Waals surface area contributed by atoms with Crippen LogP contribution < -0.4 is 5.32 Å². The van der Waals surface area contributed by atoms with Crippen molar-refractivity contribution in [1.82, 2.24) is 20.2 Å². The summed E-state index contributed by atoms with van der Waals surface area (Å²) in [5.74, 6) is 0.322. The van der Waals surface area contributed by atoms with Gasteiger partial charge < -0.3 is 10.2 Å². The predicted octanol–water partition coefficient (Wildman–Crippen LogP) is 0.620. The van der Waals surface area contributed by atoms with Gasteiger partial charge in [-0.05, 0) is 32.4 Å². The van der Waals surface area contributed by atoms with E-state index >= 15 is 0 Å². The van der Waals surface area contributed by atoms with Gasteiger partial charge in [0.1, 0.15) is 0 Å². The topological polar surface area (TPSA) is 58.1 Å². The number of likely N-dealkylation sites (N-methyl/N-ethyl adjacent to an activating group) is 1. The zero-order valence-electron chi connectivity index (χ0n) is 11.3. The van der Waals surface area contributed by atoms with Crippen molar-refractivity contribution in [3.63, 3.8) is 0 Å². The molecule has 2 aliphatic heterocycles. The normalized spacial score (nSPS) is 26.1. The fourth-order valence-electron chi connectivity index (χ4n) is 3.42. The number of piperidine rings is 1. The lowest BCUT2D eigenvalue weighted by molar-refractivity contribution is -0.136. The van der Waals surface area contributed by atoms with E-state index < -0.39 is 0 Å². The molecule has 2 saturated heterocycles. The quantitative estimate of drug-likeness (QED) is 0.847. The molecule has 19 heavy (non-hydrogen) atoms. The fraction of sp³-hybridized carbons (Fsp3) is 0.643. The average Bonchev–Trinajstić information content (AvgIpc) is 2.67. The van der Waals surface area contributed by atoms with E-state index in [1.54, 1.807) is 18.6 Å². The summed E-state index contributed by atoms with van der Waals surface area (Å²) in [5, 5.41) is 3.34. The first-order valence-electron chi connectivity index (χ1n) is 6.94. The third-order valence-electron chi connectivity index (χ3n) is 4.57. The Morgan fingerprint density at radius 3 is 2.89 bits per heavy atom. The molecule has 1 spiro atoms. The van der Waals surface area contributed by atoms with Gasteiger partial charge in [0.05, 0.1) is 11.1 Å². The van der Waals surface area contributed by atoms with Crippen molar-refractivity contribution < 1.29 is 4.79 Å². The number of carbonyl (C=O) groups is 1. The molecule has 0 radical (unpaired) electrons. The molecular formula is C14H20N4O. The number of nitrogens with zero attached hydrogens (tertiary/aromatic N) is 3. The van der Waals surface area contributed by atoms with Crippen LogP contribution in [0.3, 0.4) is 0 Å². The van der Waals surface area contributed by atoms with Crippen LogP contribution in [0.5, 0.6) is 0 Å². The standard InChI is InChI=1S/C14H20N4O/c1-18-12(8-11-10-16-6-7-17-11)9-14(13(18)19)2-4-15-5-3-14/h6-7,10,12,15H,2-5,8-9H2,1H3. The summed E-state index contributed by atoms with van der Waals surface area (Å²) in [6, 6.07) is 0.266. The highest BCUT2D eigenvalue weighted by Gasteiger charge is 2.50. The predicted molar refractivity (Wildman–Crippen MR) is 71.4 cm³/mol. The molecule has 3 heterocycles. The summed E-state index contributed by atoms with van der Waals surface area (Å²) in [6.07, 6.45) is 8.89. The lowest BCUT2D eigenvalue weighted by Gasteiger charge is -2.31. The number of hydrogen-bond acceptors (Lipinski definition) is 4. The Morgan fingerprint density at radius 1 is 1.42 bits per heavy atom. The molecule has 0 saturated carbocycles. The van der Waals surface area contributed by atoms with Crippen LogP contribution in [0.25, 0.3) is 0 Å². The molecule has 0 aromatic carbocycles. The third-order valence-corrected chi connectivity index (χ3v) is 4.57. The molecule has 1 N–H and O–H groups in total. The number of carbonyl (C=O) groups excluding carboxylic acids is 1. The van der Waals surface area contributed by atoms with E-state index in [0.717, 1.165) is 44.5 Å². The van der Waals surface area contributed by atoms with Gasteiger partial charge in [0.15, 0.2) is 0 Å². The number of aromatic nitrogens is 2. The first-order valence-corrected chi connectivity index (χ1v) is 6.94. The zero-order valence-corrected chi connectivity index (χ0v) is 11.3. The second-order valence-electron chi connectivity index (χ2n) is 5.71. The minimum absolute atomic E-state index is 0.118. The summed E-state index contributed by atoms with van der Waals surface area (Å²) < 4.78 is 0. The number of nitrogens with one attached hydrogen (secondary N) is 1. The van der Waals surface area contributed by atoms with Crippen molar-refractivity contribution in [3.05, 3.63) is 24.3 Å². The SMILES string of the molecule is CN1C(=O)C2(CCNCC2)CC1Cc1cnccn1. The number of hydrogen-bond donors (Lipinski definition) is 1. The van der Waals surface area contributed by atoms with Crippen LogP contribution in [0.1, 0.15) is 25.0 Å². The van der Waals surface area contributed by atoms with Crippen LogP contribution in [-0.2, 0) is 11.2 Å². The summed E-state index contributed by atoms with van der Waals surface area (Å²) in [4.78, 5) is 22.9. The first-order chi connectivity index (χ1) is 9.21. The monoisotopic (exact) mass is 260 g/mol. The summed E-state index contributed by atoms with van der Waals surface area (Å²) in [5.41, 5.74) is 0.852. The van der Waals surface area contributed by atoms with E-state index in [9.17, 15) is 4.79 Å². The average molecular weight is 260 g/mol. The molecule has 5 heteroatoms. The Kier molecular flexibility index (Phi) is 3.22. The summed E-state index contributed by atoms with van der Waals surface area (Å²) in [6.45, 7) is 1.91. The van der Waals surface area contributed by atoms with Gasteiger partial charge in [0.25, 0.3) is 0 Å². The van der Waals surface area contributed by atoms with Gasteiger partial charge >= 0.3 is 0 Å². The fourth-order valence-corrected chi connectivity index (χ4v) is 3.42. The van der Waals surface area contributed by atoms with E-state index in [-0.39, 0.29) is 11.5 Å². The Bertz CT molecular complexity index is 456. The van der Waals surface area contributed by atoms with E-state index in [1.165, 1.54) is 0 Å². The summed E-state index contributed by atoms with van der Waals surface area (Å²) in [7, 11) is 1.93. The van der Waals surface area contributed by atoms with Gasteiger partial charge in [0, 0.05) is 38.1 Å². The third kappa shape index (κ3) is 2.23. The maximum absolute atomic E-state index is 12.5. The van der Waals surface area contributed by atoms with Gasteiger partial charge in [-0.3, -0.25) is 14.8 Å². The van der Waals surface area contributed by atoms with Crippen molar-refractivity contribution >= 4 is 5.91 Å². The van der Waals surface area contributed by atoms with Gasteiger partial charge in [0.2, 0.25) is 5.91 Å². The molecule has 102 valence electrons. The Morgan fingerprint density at radius 2 is 2.21 bits per heavy atom. The maximum atomic E-state index is 12.5. The second-order valence-corrected chi connectivity index (χ2v) is 5.71. The van der Waals surface area contributed by atoms with Gasteiger partial charge in [-0.2, -0.15) is 0 Å². The number of amides is 1. The molecule has 5 nitrogen and oxygen atoms in total. The lowest BCUT2D eigenvalue weighted by atomic mass is 9.76. The Labute approximate surface area is 113 Å². The maximum Gasteiger partial charge on any atom is 0.228 e. The van der Waals surface area contributed by atoms with Crippen LogP contribution >= 0.6 is 0 Å². The highest BCUT2D eigenvalue weighted by atomic mass is 16.2. The van der Waals surface area contributed by atoms with Crippen LogP contribution in [0, 0.1) is 5.41 Å². The zero-order chi connectivity index (χ0) is 13.3. The minimum atomic E-state index is -0.118. The van der Waals surface area contributed by atoms with Crippen LogP contribution in [0.15, 0.2) is 18.6 Å². The van der Waals surface area contributed by atoms with Crippen LogP contribution in [0.4, 0.5) is 0 Å². The van der Waals surface area contributed by atoms with Crippen molar-refractivity contribution in [3.8, 4) is 0 Å². The molecule has 1 atom stereocenters. The number of likely N-dealkylation sites (tertiary alicyclic amines) is 1. The van der Waals surface area contributed by atoms with Gasteiger partial charge in [-0.1, -0.05) is 0 Å². The Balaban J connectivity index is 1.75.